The van der Waals surface area contributed by atoms with Gasteiger partial charge in [0.25, 0.3) is 10.0 Å². The number of ether oxygens (including phenoxy) is 2. The maximum absolute atomic E-state index is 14.1. The van der Waals surface area contributed by atoms with Crippen LogP contribution in [0.1, 0.15) is 22.3 Å². The highest BCUT2D eigenvalue weighted by molar-refractivity contribution is 7.90. The number of nitrogens with zero attached hydrogens (tertiary/aromatic N) is 2. The molecule has 2 aromatic heterocycles. The predicted molar refractivity (Wildman–Crippen MR) is 169 cm³/mol. The highest BCUT2D eigenvalue weighted by atomic mass is 32.2. The van der Waals surface area contributed by atoms with Gasteiger partial charge in [0.1, 0.15) is 11.5 Å². The average Bonchev–Trinajstić information content (AvgIpc) is 3.39. The van der Waals surface area contributed by atoms with Gasteiger partial charge in [0, 0.05) is 17.0 Å². The molecular weight excluding hydrogens is 544 g/mol. The molecule has 0 atom stereocenters. The van der Waals surface area contributed by atoms with Crippen LogP contribution in [-0.4, -0.2) is 31.6 Å². The van der Waals surface area contributed by atoms with Crippen molar-refractivity contribution in [1.29, 1.82) is 0 Å². The SMILES string of the molecule is C=C(c1cccc(OC)c1)c1ccc2c(c1)c1c(C(=C)c3cccc(OC)c3)ccnc1n2S(=O)(=O)c1ccccc1. The first-order chi connectivity index (χ1) is 20.3. The number of fused-ring (bicyclic) bond motifs is 3. The molecule has 0 amide bonds. The van der Waals surface area contributed by atoms with Crippen LogP contribution < -0.4 is 9.47 Å². The van der Waals surface area contributed by atoms with Crippen molar-refractivity contribution >= 4 is 43.1 Å². The van der Waals surface area contributed by atoms with Crippen LogP contribution >= 0.6 is 0 Å². The van der Waals surface area contributed by atoms with Crippen molar-refractivity contribution in [3.05, 3.63) is 145 Å². The molecule has 4 aromatic carbocycles. The number of hydrogen-bond donors (Lipinski definition) is 0. The fraction of sp³-hybridized carbons (Fsp3) is 0.0571. The summed E-state index contributed by atoms with van der Waals surface area (Å²) in [5.74, 6) is 1.42. The molecule has 0 saturated carbocycles. The third kappa shape index (κ3) is 4.54. The Morgan fingerprint density at radius 1 is 0.714 bits per heavy atom. The molecule has 0 aliphatic rings. The van der Waals surface area contributed by atoms with Gasteiger partial charge in [-0.05, 0) is 88.0 Å². The third-order valence-corrected chi connectivity index (χ3v) is 9.12. The van der Waals surface area contributed by atoms with Crippen molar-refractivity contribution in [2.45, 2.75) is 4.90 Å². The van der Waals surface area contributed by atoms with Crippen LogP contribution in [0.15, 0.2) is 127 Å². The molecule has 6 rings (SSSR count). The maximum Gasteiger partial charge on any atom is 0.269 e. The van der Waals surface area contributed by atoms with E-state index in [0.29, 0.717) is 22.3 Å². The Bertz CT molecular complexity index is 2110. The molecule has 0 radical (unpaired) electrons. The fourth-order valence-electron chi connectivity index (χ4n) is 5.22. The highest BCUT2D eigenvalue weighted by Gasteiger charge is 2.26. The lowest BCUT2D eigenvalue weighted by Crippen LogP contribution is -2.13. The summed E-state index contributed by atoms with van der Waals surface area (Å²) in [7, 11) is -0.754. The Labute approximate surface area is 244 Å². The molecule has 0 unspecified atom stereocenters. The summed E-state index contributed by atoms with van der Waals surface area (Å²) in [6.07, 6.45) is 1.62. The van der Waals surface area contributed by atoms with E-state index in [1.54, 1.807) is 50.7 Å². The summed E-state index contributed by atoms with van der Waals surface area (Å²) >= 11 is 0. The number of benzene rings is 4. The second-order valence-electron chi connectivity index (χ2n) is 9.79. The zero-order valence-electron chi connectivity index (χ0n) is 23.2. The van der Waals surface area contributed by atoms with E-state index in [1.165, 1.54) is 3.97 Å². The fourth-order valence-corrected chi connectivity index (χ4v) is 6.72. The minimum atomic E-state index is -4.00. The molecule has 0 N–H and O–H groups in total. The van der Waals surface area contributed by atoms with Gasteiger partial charge in [-0.15, -0.1) is 0 Å². The summed E-state index contributed by atoms with van der Waals surface area (Å²) in [6.45, 7) is 8.77. The molecule has 6 nitrogen and oxygen atoms in total. The van der Waals surface area contributed by atoms with Gasteiger partial charge < -0.3 is 9.47 Å². The standard InChI is InChI=1S/C35H28N2O4S/c1-23(25-10-8-12-28(20-25)40-3)27-16-17-33-32(22-27)34-31(24(2)26-11-9-13-29(21-26)41-4)18-19-36-35(34)37(33)42(38,39)30-14-6-5-7-15-30/h5-22H,1-2H2,3-4H3. The average molecular weight is 573 g/mol. The van der Waals surface area contributed by atoms with Gasteiger partial charge in [-0.25, -0.2) is 17.4 Å². The molecule has 0 fully saturated rings. The minimum Gasteiger partial charge on any atom is -0.497 e. The zero-order chi connectivity index (χ0) is 29.4. The summed E-state index contributed by atoms with van der Waals surface area (Å²) in [5.41, 5.74) is 5.68. The van der Waals surface area contributed by atoms with E-state index < -0.39 is 10.0 Å². The van der Waals surface area contributed by atoms with E-state index in [4.69, 9.17) is 9.47 Å². The Balaban J connectivity index is 1.64. The van der Waals surface area contributed by atoms with Crippen molar-refractivity contribution in [3.63, 3.8) is 0 Å². The van der Waals surface area contributed by atoms with E-state index in [9.17, 15) is 8.42 Å². The third-order valence-electron chi connectivity index (χ3n) is 7.40. The van der Waals surface area contributed by atoms with Gasteiger partial charge in [-0.3, -0.25) is 0 Å². The summed E-state index contributed by atoms with van der Waals surface area (Å²) in [4.78, 5) is 4.79. The molecule has 0 saturated heterocycles. The molecule has 7 heteroatoms. The van der Waals surface area contributed by atoms with Crippen LogP contribution in [0, 0.1) is 0 Å². The van der Waals surface area contributed by atoms with Gasteiger partial charge in [0.2, 0.25) is 0 Å². The number of methoxy groups -OCH3 is 2. The van der Waals surface area contributed by atoms with Gasteiger partial charge in [0.05, 0.1) is 24.6 Å². The molecule has 2 heterocycles. The highest BCUT2D eigenvalue weighted by Crippen LogP contribution is 2.39. The Hall–Kier alpha value is -5.14. The number of pyridine rings is 1. The van der Waals surface area contributed by atoms with Crippen molar-refractivity contribution in [1.82, 2.24) is 8.96 Å². The number of rotatable bonds is 8. The first-order valence-electron chi connectivity index (χ1n) is 13.2. The molecule has 0 bridgehead atoms. The Kier molecular flexibility index (Phi) is 6.88. The molecule has 208 valence electrons. The second-order valence-corrected chi connectivity index (χ2v) is 11.6. The largest absolute Gasteiger partial charge is 0.497 e. The van der Waals surface area contributed by atoms with Gasteiger partial charge in [-0.2, -0.15) is 0 Å². The predicted octanol–water partition coefficient (Wildman–Crippen LogP) is 7.57. The first-order valence-corrected chi connectivity index (χ1v) is 14.7. The van der Waals surface area contributed by atoms with Crippen LogP contribution in [0.3, 0.4) is 0 Å². The Morgan fingerprint density at radius 3 is 1.98 bits per heavy atom. The Morgan fingerprint density at radius 2 is 1.33 bits per heavy atom. The van der Waals surface area contributed by atoms with Gasteiger partial charge in [0.15, 0.2) is 5.65 Å². The van der Waals surface area contributed by atoms with Crippen molar-refractivity contribution in [3.8, 4) is 11.5 Å². The van der Waals surface area contributed by atoms with Gasteiger partial charge >= 0.3 is 0 Å². The zero-order valence-corrected chi connectivity index (χ0v) is 24.1. The van der Waals surface area contributed by atoms with Crippen molar-refractivity contribution in [2.75, 3.05) is 14.2 Å². The molecule has 6 aromatic rings. The summed E-state index contributed by atoms with van der Waals surface area (Å²) < 4.78 is 40.4. The van der Waals surface area contributed by atoms with E-state index in [-0.39, 0.29) is 4.90 Å². The van der Waals surface area contributed by atoms with E-state index in [2.05, 4.69) is 18.1 Å². The summed E-state index contributed by atoms with van der Waals surface area (Å²) in [5, 5.41) is 1.40. The minimum absolute atomic E-state index is 0.174. The maximum atomic E-state index is 14.1. The molecule has 42 heavy (non-hydrogen) atoms. The first kappa shape index (κ1) is 27.1. The topological polar surface area (TPSA) is 70.4 Å². The van der Waals surface area contributed by atoms with Crippen LogP contribution in [0.2, 0.25) is 0 Å². The van der Waals surface area contributed by atoms with E-state index in [0.717, 1.165) is 44.5 Å². The lowest BCUT2D eigenvalue weighted by Gasteiger charge is -2.11. The molecular formula is C35H28N2O4S. The number of hydrogen-bond acceptors (Lipinski definition) is 5. The van der Waals surface area contributed by atoms with Crippen molar-refractivity contribution < 1.29 is 17.9 Å². The van der Waals surface area contributed by atoms with Crippen LogP contribution in [0.4, 0.5) is 0 Å². The van der Waals surface area contributed by atoms with Crippen LogP contribution in [-0.2, 0) is 10.0 Å². The van der Waals surface area contributed by atoms with Crippen molar-refractivity contribution in [2.24, 2.45) is 0 Å². The molecule has 0 spiro atoms. The second kappa shape index (κ2) is 10.7. The monoisotopic (exact) mass is 572 g/mol. The van der Waals surface area contributed by atoms with E-state index >= 15 is 0 Å². The summed E-state index contributed by atoms with van der Waals surface area (Å²) in [6, 6.07) is 31.2. The quantitative estimate of drug-likeness (QED) is 0.188. The van der Waals surface area contributed by atoms with Crippen LogP contribution in [0.5, 0.6) is 11.5 Å². The normalized spacial score (nSPS) is 11.5. The molecule has 0 aliphatic heterocycles. The lowest BCUT2D eigenvalue weighted by molar-refractivity contribution is 0.414. The number of aromatic nitrogens is 2. The van der Waals surface area contributed by atoms with E-state index in [1.807, 2.05) is 72.8 Å². The molecule has 0 aliphatic carbocycles. The van der Waals surface area contributed by atoms with Crippen LogP contribution in [0.25, 0.3) is 33.1 Å². The lowest BCUT2D eigenvalue weighted by atomic mass is 9.94. The smallest absolute Gasteiger partial charge is 0.269 e. The van der Waals surface area contributed by atoms with Gasteiger partial charge in [-0.1, -0.05) is 61.7 Å².